The molecule has 1 aliphatic heterocycles. The van der Waals surface area contributed by atoms with E-state index in [1.807, 2.05) is 0 Å². The van der Waals surface area contributed by atoms with Gasteiger partial charge >= 0.3 is 0 Å². The summed E-state index contributed by atoms with van der Waals surface area (Å²) in [5, 5.41) is 9.97. The molecule has 0 saturated carbocycles. The summed E-state index contributed by atoms with van der Waals surface area (Å²) in [4.78, 5) is 13.7. The molecule has 1 aliphatic carbocycles. The molecule has 4 heteroatoms. The number of ketones is 1. The van der Waals surface area contributed by atoms with Crippen LogP contribution in [-0.4, -0.2) is 10.4 Å². The zero-order valence-corrected chi connectivity index (χ0v) is 21.3. The molecule has 0 radical (unpaired) electrons. The highest BCUT2D eigenvalue weighted by atomic mass is 16.1. The first-order valence-corrected chi connectivity index (χ1v) is 12.7. The van der Waals surface area contributed by atoms with Crippen molar-refractivity contribution in [2.24, 2.45) is 5.41 Å². The summed E-state index contributed by atoms with van der Waals surface area (Å²) in [5.74, 6) is 0.235. The summed E-state index contributed by atoms with van der Waals surface area (Å²) >= 11 is 0. The first-order valence-electron chi connectivity index (χ1n) is 12.7. The maximum atomic E-state index is 13.7. The number of nitrogens with one attached hydrogen (secondary N) is 2. The van der Waals surface area contributed by atoms with Gasteiger partial charge in [0.2, 0.25) is 0 Å². The molecule has 35 heavy (non-hydrogen) atoms. The van der Waals surface area contributed by atoms with Crippen molar-refractivity contribution in [2.45, 2.75) is 60.0 Å². The first kappa shape index (κ1) is 22.0. The van der Waals surface area contributed by atoms with Gasteiger partial charge in [-0.15, -0.1) is 0 Å². The van der Waals surface area contributed by atoms with Crippen molar-refractivity contribution in [3.05, 3.63) is 82.6 Å². The third-order valence-electron chi connectivity index (χ3n) is 7.87. The standard InChI is InChI=1S/C31H33N3O/c1-6-34-26-10-8-7-9-21(26)22-15-20(11-12-27(22)34)30-29-25(16-31(4,5)17-28(29)35)32-23-13-18(2)19(3)14-24(23)33-30/h7-15,30,32-33H,6,16-17H2,1-5H3/t30-/m0/s1. The van der Waals surface area contributed by atoms with Crippen LogP contribution in [0, 0.1) is 19.3 Å². The molecule has 2 aliphatic rings. The van der Waals surface area contributed by atoms with Crippen molar-refractivity contribution < 1.29 is 4.79 Å². The Morgan fingerprint density at radius 2 is 1.63 bits per heavy atom. The van der Waals surface area contributed by atoms with E-state index in [4.69, 9.17) is 0 Å². The van der Waals surface area contributed by atoms with Gasteiger partial charge in [0.15, 0.2) is 5.78 Å². The number of hydrogen-bond donors (Lipinski definition) is 2. The van der Waals surface area contributed by atoms with E-state index >= 15 is 0 Å². The van der Waals surface area contributed by atoms with E-state index in [-0.39, 0.29) is 17.2 Å². The van der Waals surface area contributed by atoms with Gasteiger partial charge in [0.05, 0.1) is 17.4 Å². The Hall–Kier alpha value is -3.53. The minimum Gasteiger partial charge on any atom is -0.372 e. The highest BCUT2D eigenvalue weighted by Gasteiger charge is 2.39. The second kappa shape index (κ2) is 7.74. The fourth-order valence-electron chi connectivity index (χ4n) is 6.05. The minimum atomic E-state index is -0.197. The zero-order chi connectivity index (χ0) is 24.5. The van der Waals surface area contributed by atoms with Gasteiger partial charge in [0.1, 0.15) is 0 Å². The Morgan fingerprint density at radius 3 is 2.40 bits per heavy atom. The summed E-state index contributed by atoms with van der Waals surface area (Å²) < 4.78 is 2.37. The predicted octanol–water partition coefficient (Wildman–Crippen LogP) is 7.65. The first-order chi connectivity index (χ1) is 16.8. The number of rotatable bonds is 2. The van der Waals surface area contributed by atoms with E-state index in [1.54, 1.807) is 0 Å². The number of Topliss-reactive ketones (excluding diaryl/α,β-unsaturated/α-hetero) is 1. The number of para-hydroxylation sites is 1. The van der Waals surface area contributed by atoms with Gasteiger partial charge in [0, 0.05) is 46.0 Å². The minimum absolute atomic E-state index is 0.0593. The average molecular weight is 464 g/mol. The number of allylic oxidation sites excluding steroid dienone is 1. The Labute approximate surface area is 207 Å². The summed E-state index contributed by atoms with van der Waals surface area (Å²) in [7, 11) is 0. The highest BCUT2D eigenvalue weighted by molar-refractivity contribution is 6.08. The van der Waals surface area contributed by atoms with Crippen LogP contribution in [0.3, 0.4) is 0 Å². The Kier molecular flexibility index (Phi) is 4.86. The Bertz CT molecular complexity index is 1550. The smallest absolute Gasteiger partial charge is 0.163 e. The van der Waals surface area contributed by atoms with Crippen LogP contribution in [-0.2, 0) is 11.3 Å². The van der Waals surface area contributed by atoms with Crippen molar-refractivity contribution in [1.82, 2.24) is 4.57 Å². The third-order valence-corrected chi connectivity index (χ3v) is 7.87. The number of aromatic nitrogens is 1. The lowest BCUT2D eigenvalue weighted by molar-refractivity contribution is -0.118. The molecule has 2 N–H and O–H groups in total. The summed E-state index contributed by atoms with van der Waals surface area (Å²) in [6.07, 6.45) is 1.42. The molecule has 0 spiro atoms. The molecule has 0 saturated heterocycles. The number of aryl methyl sites for hydroxylation is 3. The van der Waals surface area contributed by atoms with Gasteiger partial charge < -0.3 is 15.2 Å². The van der Waals surface area contributed by atoms with Gasteiger partial charge in [0.25, 0.3) is 0 Å². The molecule has 3 aromatic carbocycles. The number of fused-ring (bicyclic) bond motifs is 4. The molecule has 4 nitrogen and oxygen atoms in total. The SMILES string of the molecule is CCn1c2ccccc2c2cc([C@@H]3Nc4cc(C)c(C)cc4NC4=C3C(=O)CC(C)(C)C4)ccc21. The van der Waals surface area contributed by atoms with Crippen molar-refractivity contribution in [1.29, 1.82) is 0 Å². The molecule has 1 aromatic heterocycles. The van der Waals surface area contributed by atoms with Gasteiger partial charge in [-0.25, -0.2) is 0 Å². The molecule has 4 aromatic rings. The van der Waals surface area contributed by atoms with Gasteiger partial charge in [-0.3, -0.25) is 4.79 Å². The van der Waals surface area contributed by atoms with Gasteiger partial charge in [-0.2, -0.15) is 0 Å². The largest absolute Gasteiger partial charge is 0.372 e. The number of hydrogen-bond acceptors (Lipinski definition) is 3. The normalized spacial score (nSPS) is 19.2. The van der Waals surface area contributed by atoms with E-state index in [0.29, 0.717) is 6.42 Å². The Morgan fingerprint density at radius 1 is 0.914 bits per heavy atom. The Balaban J connectivity index is 1.58. The fourth-order valence-corrected chi connectivity index (χ4v) is 6.05. The molecule has 178 valence electrons. The number of anilines is 2. The molecular weight excluding hydrogens is 430 g/mol. The maximum Gasteiger partial charge on any atom is 0.163 e. The quantitative estimate of drug-likeness (QED) is 0.321. The third kappa shape index (κ3) is 3.46. The number of benzene rings is 3. The molecule has 6 rings (SSSR count). The topological polar surface area (TPSA) is 46.1 Å². The molecule has 1 atom stereocenters. The molecule has 0 unspecified atom stereocenters. The van der Waals surface area contributed by atoms with E-state index in [9.17, 15) is 4.79 Å². The number of carbonyl (C=O) groups is 1. The second-order valence-electron chi connectivity index (χ2n) is 11.1. The van der Waals surface area contributed by atoms with Crippen LogP contribution in [0.2, 0.25) is 0 Å². The second-order valence-corrected chi connectivity index (χ2v) is 11.1. The van der Waals surface area contributed by atoms with Crippen LogP contribution < -0.4 is 10.6 Å². The van der Waals surface area contributed by atoms with E-state index in [2.05, 4.69) is 104 Å². The van der Waals surface area contributed by atoms with Crippen LogP contribution in [0.1, 0.15) is 56.3 Å². The van der Waals surface area contributed by atoms with Crippen LogP contribution in [0.25, 0.3) is 21.8 Å². The van der Waals surface area contributed by atoms with Crippen molar-refractivity contribution in [3.63, 3.8) is 0 Å². The molecule has 2 heterocycles. The van der Waals surface area contributed by atoms with Crippen molar-refractivity contribution in [3.8, 4) is 0 Å². The van der Waals surface area contributed by atoms with E-state index < -0.39 is 0 Å². The zero-order valence-electron chi connectivity index (χ0n) is 21.3. The van der Waals surface area contributed by atoms with E-state index in [1.165, 1.54) is 32.9 Å². The van der Waals surface area contributed by atoms with Crippen molar-refractivity contribution in [2.75, 3.05) is 10.6 Å². The van der Waals surface area contributed by atoms with Crippen molar-refractivity contribution >= 4 is 39.0 Å². The van der Waals surface area contributed by atoms with Crippen LogP contribution in [0.4, 0.5) is 11.4 Å². The average Bonchev–Trinajstić information content (AvgIpc) is 3.04. The summed E-state index contributed by atoms with van der Waals surface area (Å²) in [5.41, 5.74) is 10.1. The highest BCUT2D eigenvalue weighted by Crippen LogP contribution is 2.46. The van der Waals surface area contributed by atoms with Crippen LogP contribution in [0.5, 0.6) is 0 Å². The number of nitrogens with zero attached hydrogens (tertiary/aromatic N) is 1. The monoisotopic (exact) mass is 463 g/mol. The van der Waals surface area contributed by atoms with Gasteiger partial charge in [-0.1, -0.05) is 38.1 Å². The summed E-state index contributed by atoms with van der Waals surface area (Å²) in [6, 6.07) is 19.6. The molecule has 0 bridgehead atoms. The van der Waals surface area contributed by atoms with Gasteiger partial charge in [-0.05, 0) is 79.6 Å². The lowest BCUT2D eigenvalue weighted by atomic mass is 9.73. The number of carbonyl (C=O) groups excluding carboxylic acids is 1. The fraction of sp³-hybridized carbons (Fsp3) is 0.323. The molecule has 0 amide bonds. The molecular formula is C31H33N3O. The van der Waals surface area contributed by atoms with Crippen LogP contribution in [0.15, 0.2) is 65.9 Å². The van der Waals surface area contributed by atoms with Crippen LogP contribution >= 0.6 is 0 Å². The lowest BCUT2D eigenvalue weighted by Crippen LogP contribution is -2.31. The lowest BCUT2D eigenvalue weighted by Gasteiger charge is -2.34. The molecule has 0 fully saturated rings. The summed E-state index contributed by atoms with van der Waals surface area (Å²) in [6.45, 7) is 11.8. The predicted molar refractivity (Wildman–Crippen MR) is 146 cm³/mol. The van der Waals surface area contributed by atoms with E-state index in [0.717, 1.165) is 41.2 Å². The maximum absolute atomic E-state index is 13.7.